The van der Waals surface area contributed by atoms with Crippen LogP contribution in [-0.4, -0.2) is 11.1 Å². The molecule has 0 aliphatic rings. The molecule has 1 atom stereocenters. The van der Waals surface area contributed by atoms with Crippen LogP contribution in [0.15, 0.2) is 24.3 Å². The Morgan fingerprint density at radius 2 is 2.06 bits per heavy atom. The molecule has 0 aromatic heterocycles. The largest absolute Gasteiger partial charge is 0.481 e. The van der Waals surface area contributed by atoms with E-state index in [4.69, 9.17) is 5.11 Å². The number of benzene rings is 1. The molecule has 1 aromatic carbocycles. The van der Waals surface area contributed by atoms with Crippen molar-refractivity contribution >= 4 is 5.97 Å². The van der Waals surface area contributed by atoms with Crippen LogP contribution in [-0.2, 0) is 17.4 Å². The standard InChI is InChI=1S/C11H11F3O2/c1-7(10(15)16)5-8-3-2-4-9(6-8)11(12,13)14/h2-4,6-7H,5H2,1H3,(H,15,16)/t7-/m0/s1. The predicted molar refractivity (Wildman–Crippen MR) is 51.9 cm³/mol. The van der Waals surface area contributed by atoms with E-state index in [1.807, 2.05) is 0 Å². The van der Waals surface area contributed by atoms with E-state index in [0.717, 1.165) is 12.1 Å². The Morgan fingerprint density at radius 1 is 1.44 bits per heavy atom. The van der Waals surface area contributed by atoms with Gasteiger partial charge < -0.3 is 5.11 Å². The van der Waals surface area contributed by atoms with Gasteiger partial charge in [-0.3, -0.25) is 4.79 Å². The molecule has 0 fully saturated rings. The second-order valence-electron chi connectivity index (χ2n) is 3.64. The lowest BCUT2D eigenvalue weighted by Crippen LogP contribution is -2.13. The van der Waals surface area contributed by atoms with Crippen molar-refractivity contribution in [2.75, 3.05) is 0 Å². The number of halogens is 3. The SMILES string of the molecule is C[C@@H](Cc1cccc(C(F)(F)F)c1)C(=O)O. The third-order valence-electron chi connectivity index (χ3n) is 2.22. The molecule has 1 aromatic rings. The molecule has 0 saturated heterocycles. The molecule has 0 aliphatic heterocycles. The molecule has 0 amide bonds. The first kappa shape index (κ1) is 12.5. The Hall–Kier alpha value is -1.52. The van der Waals surface area contributed by atoms with E-state index in [1.54, 1.807) is 0 Å². The van der Waals surface area contributed by atoms with E-state index in [-0.39, 0.29) is 6.42 Å². The van der Waals surface area contributed by atoms with Gasteiger partial charge in [-0.25, -0.2) is 0 Å². The minimum atomic E-state index is -4.39. The maximum Gasteiger partial charge on any atom is 0.416 e. The molecule has 0 radical (unpaired) electrons. The Kier molecular flexibility index (Phi) is 3.57. The highest BCUT2D eigenvalue weighted by Gasteiger charge is 2.30. The predicted octanol–water partition coefficient (Wildman–Crippen LogP) is 2.97. The topological polar surface area (TPSA) is 37.3 Å². The van der Waals surface area contributed by atoms with Gasteiger partial charge in [-0.1, -0.05) is 25.1 Å². The van der Waals surface area contributed by atoms with Crippen LogP contribution in [0.3, 0.4) is 0 Å². The maximum absolute atomic E-state index is 12.3. The van der Waals surface area contributed by atoms with Crippen LogP contribution in [0.2, 0.25) is 0 Å². The summed E-state index contributed by atoms with van der Waals surface area (Å²) in [5, 5.41) is 8.65. The smallest absolute Gasteiger partial charge is 0.416 e. The molecule has 2 nitrogen and oxygen atoms in total. The number of rotatable bonds is 3. The summed E-state index contributed by atoms with van der Waals surface area (Å²) in [7, 11) is 0. The Bertz CT molecular complexity index is 385. The molecule has 0 spiro atoms. The van der Waals surface area contributed by atoms with Gasteiger partial charge in [0.1, 0.15) is 0 Å². The van der Waals surface area contributed by atoms with E-state index in [1.165, 1.54) is 19.1 Å². The first-order valence-electron chi connectivity index (χ1n) is 4.69. The molecule has 1 N–H and O–H groups in total. The minimum absolute atomic E-state index is 0.0965. The van der Waals surface area contributed by atoms with Gasteiger partial charge in [-0.05, 0) is 18.1 Å². The molecule has 16 heavy (non-hydrogen) atoms. The summed E-state index contributed by atoms with van der Waals surface area (Å²) in [5.74, 6) is -1.71. The van der Waals surface area contributed by atoms with E-state index < -0.39 is 23.6 Å². The van der Waals surface area contributed by atoms with Crippen molar-refractivity contribution in [2.24, 2.45) is 5.92 Å². The van der Waals surface area contributed by atoms with Crippen molar-refractivity contribution in [2.45, 2.75) is 19.5 Å². The van der Waals surface area contributed by atoms with Gasteiger partial charge in [-0.2, -0.15) is 13.2 Å². The number of hydrogen-bond acceptors (Lipinski definition) is 1. The van der Waals surface area contributed by atoms with E-state index >= 15 is 0 Å². The van der Waals surface area contributed by atoms with Gasteiger partial charge in [0.25, 0.3) is 0 Å². The first-order valence-corrected chi connectivity index (χ1v) is 4.69. The summed E-state index contributed by atoms with van der Waals surface area (Å²) in [6.07, 6.45) is -4.29. The Labute approximate surface area is 90.7 Å². The molecule has 5 heteroatoms. The number of alkyl halides is 3. The van der Waals surface area contributed by atoms with Crippen molar-refractivity contribution in [3.05, 3.63) is 35.4 Å². The van der Waals surface area contributed by atoms with Gasteiger partial charge in [0, 0.05) is 0 Å². The molecule has 1 rings (SSSR count). The molecular formula is C11H11F3O2. The molecule has 0 saturated carbocycles. The summed E-state index contributed by atoms with van der Waals surface area (Å²) in [6, 6.07) is 4.73. The lowest BCUT2D eigenvalue weighted by atomic mass is 9.99. The van der Waals surface area contributed by atoms with Crippen molar-refractivity contribution in [3.8, 4) is 0 Å². The third kappa shape index (κ3) is 3.25. The number of aliphatic carboxylic acids is 1. The monoisotopic (exact) mass is 232 g/mol. The molecule has 0 aliphatic carbocycles. The van der Waals surface area contributed by atoms with Crippen LogP contribution >= 0.6 is 0 Å². The van der Waals surface area contributed by atoms with E-state index in [0.29, 0.717) is 5.56 Å². The van der Waals surface area contributed by atoms with Gasteiger partial charge in [0.05, 0.1) is 11.5 Å². The fourth-order valence-corrected chi connectivity index (χ4v) is 1.32. The lowest BCUT2D eigenvalue weighted by Gasteiger charge is -2.10. The second-order valence-corrected chi connectivity index (χ2v) is 3.64. The number of carboxylic acids is 1. The summed E-state index contributed by atoms with van der Waals surface area (Å²) in [6.45, 7) is 1.46. The average molecular weight is 232 g/mol. The molecule has 0 heterocycles. The highest BCUT2D eigenvalue weighted by molar-refractivity contribution is 5.69. The summed E-state index contributed by atoms with van der Waals surface area (Å²) >= 11 is 0. The minimum Gasteiger partial charge on any atom is -0.481 e. The van der Waals surface area contributed by atoms with Crippen LogP contribution < -0.4 is 0 Å². The number of carboxylic acid groups (broad SMARTS) is 1. The summed E-state index contributed by atoms with van der Waals surface area (Å²) < 4.78 is 37.0. The third-order valence-corrected chi connectivity index (χ3v) is 2.22. The van der Waals surface area contributed by atoms with Crippen molar-refractivity contribution in [1.82, 2.24) is 0 Å². The van der Waals surface area contributed by atoms with Crippen LogP contribution in [0.1, 0.15) is 18.1 Å². The molecule has 0 bridgehead atoms. The van der Waals surface area contributed by atoms with Crippen LogP contribution in [0.5, 0.6) is 0 Å². The van der Waals surface area contributed by atoms with Crippen LogP contribution in [0.4, 0.5) is 13.2 Å². The molecular weight excluding hydrogens is 221 g/mol. The van der Waals surface area contributed by atoms with E-state index in [2.05, 4.69) is 0 Å². The zero-order valence-electron chi connectivity index (χ0n) is 8.58. The van der Waals surface area contributed by atoms with Gasteiger partial charge >= 0.3 is 12.1 Å². The van der Waals surface area contributed by atoms with Gasteiger partial charge in [-0.15, -0.1) is 0 Å². The fourth-order valence-electron chi connectivity index (χ4n) is 1.32. The normalized spacial score (nSPS) is 13.5. The summed E-state index contributed by atoms with van der Waals surface area (Å²) in [5.41, 5.74) is -0.368. The summed E-state index contributed by atoms with van der Waals surface area (Å²) in [4.78, 5) is 10.6. The first-order chi connectivity index (χ1) is 7.30. The average Bonchev–Trinajstić information content (AvgIpc) is 2.16. The van der Waals surface area contributed by atoms with Crippen molar-refractivity contribution in [1.29, 1.82) is 0 Å². The van der Waals surface area contributed by atoms with Crippen LogP contribution in [0.25, 0.3) is 0 Å². The maximum atomic E-state index is 12.3. The fraction of sp³-hybridized carbons (Fsp3) is 0.364. The van der Waals surface area contributed by atoms with Crippen molar-refractivity contribution in [3.63, 3.8) is 0 Å². The highest BCUT2D eigenvalue weighted by atomic mass is 19.4. The zero-order valence-corrected chi connectivity index (χ0v) is 8.58. The van der Waals surface area contributed by atoms with Crippen LogP contribution in [0, 0.1) is 5.92 Å². The van der Waals surface area contributed by atoms with Gasteiger partial charge in [0.2, 0.25) is 0 Å². The van der Waals surface area contributed by atoms with Crippen molar-refractivity contribution < 1.29 is 23.1 Å². The Morgan fingerprint density at radius 3 is 2.56 bits per heavy atom. The highest BCUT2D eigenvalue weighted by Crippen LogP contribution is 2.29. The zero-order chi connectivity index (χ0) is 12.3. The van der Waals surface area contributed by atoms with Gasteiger partial charge in [0.15, 0.2) is 0 Å². The quantitative estimate of drug-likeness (QED) is 0.869. The number of hydrogen-bond donors (Lipinski definition) is 1. The molecule has 88 valence electrons. The lowest BCUT2D eigenvalue weighted by molar-refractivity contribution is -0.141. The number of carbonyl (C=O) groups is 1. The molecule has 0 unspecified atom stereocenters. The Balaban J connectivity index is 2.87. The second kappa shape index (κ2) is 4.55. The van der Waals surface area contributed by atoms with E-state index in [9.17, 15) is 18.0 Å².